The number of hydroxylamine groups is 1. The van der Waals surface area contributed by atoms with Gasteiger partial charge in [-0.05, 0) is 12.1 Å². The molecule has 0 atom stereocenters. The average molecular weight is 304 g/mol. The molecule has 0 aliphatic rings. The molecular weight excluding hydrogens is 288 g/mol. The normalized spacial score (nSPS) is 10.1. The summed E-state index contributed by atoms with van der Waals surface area (Å²) in [6, 6.07) is 9.97. The monoisotopic (exact) mass is 304 g/mol. The number of nitrogens with one attached hydrogen (secondary N) is 1. The van der Waals surface area contributed by atoms with Gasteiger partial charge in [0.05, 0.1) is 0 Å². The van der Waals surface area contributed by atoms with Gasteiger partial charge in [-0.2, -0.15) is 5.06 Å². The van der Waals surface area contributed by atoms with E-state index in [-0.39, 0.29) is 5.82 Å². The highest BCUT2D eigenvalue weighted by Gasteiger charge is 2.14. The van der Waals surface area contributed by atoms with Crippen molar-refractivity contribution in [3.8, 4) is 0 Å². The molecule has 0 spiro atoms. The number of carbonyl (C=O) groups excluding carboxylic acids is 1. The van der Waals surface area contributed by atoms with Crippen molar-refractivity contribution in [1.82, 2.24) is 9.13 Å². The molecule has 1 aromatic carbocycles. The van der Waals surface area contributed by atoms with Crippen LogP contribution in [0.5, 0.6) is 0 Å². The summed E-state index contributed by atoms with van der Waals surface area (Å²) in [5.74, 6) is 0.163. The Morgan fingerprint density at radius 2 is 1.77 bits per heavy atom. The lowest BCUT2D eigenvalue weighted by Gasteiger charge is -2.20. The molecule has 0 bridgehead atoms. The Kier molecular flexibility index (Phi) is 4.31. The minimum Gasteiger partial charge on any atom is -0.320 e. The number of para-hydroxylation sites is 1. The first-order valence-electron chi connectivity index (χ1n) is 6.45. The van der Waals surface area contributed by atoms with Gasteiger partial charge in [0.15, 0.2) is 5.82 Å². The van der Waals surface area contributed by atoms with Crippen LogP contribution in [0.1, 0.15) is 0 Å². The van der Waals surface area contributed by atoms with Crippen LogP contribution in [-0.4, -0.2) is 22.3 Å². The number of benzene rings is 1. The van der Waals surface area contributed by atoms with Crippen molar-refractivity contribution in [2.24, 2.45) is 14.1 Å². The maximum absolute atomic E-state index is 11.8. The number of hydrogen-bond donors (Lipinski definition) is 1. The van der Waals surface area contributed by atoms with E-state index < -0.39 is 17.3 Å². The molecular formula is C14H16N4O4. The number of aromatic nitrogens is 2. The van der Waals surface area contributed by atoms with E-state index in [9.17, 15) is 14.4 Å². The third-order valence-electron chi connectivity index (χ3n) is 3.06. The standard InChI is InChI=1S/C14H16N4O4/c1-16-11(9-12(19)17(2)14(16)21)18(3)22-13(20)15-10-7-5-4-6-8-10/h4-9H,1-3H3,(H,15,20). The van der Waals surface area contributed by atoms with Crippen LogP contribution in [0.4, 0.5) is 16.3 Å². The van der Waals surface area contributed by atoms with Gasteiger partial charge < -0.3 is 4.84 Å². The minimum absolute atomic E-state index is 0.163. The Balaban J connectivity index is 2.16. The van der Waals surface area contributed by atoms with E-state index in [1.807, 2.05) is 6.07 Å². The fourth-order valence-electron chi connectivity index (χ4n) is 1.86. The van der Waals surface area contributed by atoms with Crippen molar-refractivity contribution >= 4 is 17.6 Å². The van der Waals surface area contributed by atoms with Crippen LogP contribution in [0.25, 0.3) is 0 Å². The third-order valence-corrected chi connectivity index (χ3v) is 3.06. The number of hydrogen-bond acceptors (Lipinski definition) is 5. The van der Waals surface area contributed by atoms with Crippen molar-refractivity contribution in [1.29, 1.82) is 0 Å². The van der Waals surface area contributed by atoms with Crippen LogP contribution < -0.4 is 21.6 Å². The van der Waals surface area contributed by atoms with Crippen molar-refractivity contribution in [2.45, 2.75) is 0 Å². The largest absolute Gasteiger partial charge is 0.436 e. The SMILES string of the molecule is CN(OC(=O)Nc1ccccc1)c1cc(=O)n(C)c(=O)n1C. The second-order valence-electron chi connectivity index (χ2n) is 4.61. The summed E-state index contributed by atoms with van der Waals surface area (Å²) in [5, 5.41) is 3.59. The van der Waals surface area contributed by atoms with Crippen LogP contribution in [0.15, 0.2) is 46.0 Å². The number of nitrogens with zero attached hydrogens (tertiary/aromatic N) is 3. The molecule has 2 rings (SSSR count). The van der Waals surface area contributed by atoms with Gasteiger partial charge in [0.1, 0.15) is 0 Å². The van der Waals surface area contributed by atoms with Crippen molar-refractivity contribution < 1.29 is 9.63 Å². The van der Waals surface area contributed by atoms with Gasteiger partial charge in [0.25, 0.3) is 5.56 Å². The summed E-state index contributed by atoms with van der Waals surface area (Å²) in [6.07, 6.45) is -0.734. The zero-order chi connectivity index (χ0) is 16.3. The van der Waals surface area contributed by atoms with Crippen molar-refractivity contribution in [2.75, 3.05) is 17.4 Å². The fraction of sp³-hybridized carbons (Fsp3) is 0.214. The predicted octanol–water partition coefficient (Wildman–Crippen LogP) is 0.684. The Hall–Kier alpha value is -3.03. The van der Waals surface area contributed by atoms with E-state index in [0.717, 1.165) is 9.63 Å². The molecule has 8 heteroatoms. The topological polar surface area (TPSA) is 85.6 Å². The first-order valence-corrected chi connectivity index (χ1v) is 6.45. The number of carbonyl (C=O) groups is 1. The number of rotatable bonds is 3. The Morgan fingerprint density at radius 3 is 2.41 bits per heavy atom. The quantitative estimate of drug-likeness (QED) is 0.843. The van der Waals surface area contributed by atoms with E-state index in [0.29, 0.717) is 5.69 Å². The van der Waals surface area contributed by atoms with E-state index in [1.165, 1.54) is 31.8 Å². The van der Waals surface area contributed by atoms with Crippen LogP contribution in [-0.2, 0) is 18.9 Å². The zero-order valence-electron chi connectivity index (χ0n) is 12.4. The van der Waals surface area contributed by atoms with Crippen LogP contribution in [0, 0.1) is 0 Å². The number of amides is 1. The molecule has 1 amide bonds. The summed E-state index contributed by atoms with van der Waals surface area (Å²) in [6.45, 7) is 0. The van der Waals surface area contributed by atoms with Crippen LogP contribution in [0.2, 0.25) is 0 Å². The Bertz CT molecular complexity index is 795. The average Bonchev–Trinajstić information content (AvgIpc) is 2.49. The number of anilines is 2. The molecule has 0 saturated heterocycles. The second-order valence-corrected chi connectivity index (χ2v) is 4.61. The lowest BCUT2D eigenvalue weighted by atomic mass is 10.3. The lowest BCUT2D eigenvalue weighted by molar-refractivity contribution is 0.153. The summed E-state index contributed by atoms with van der Waals surface area (Å²) in [7, 11) is 4.28. The van der Waals surface area contributed by atoms with Gasteiger partial charge in [-0.3, -0.25) is 19.2 Å². The predicted molar refractivity (Wildman–Crippen MR) is 81.9 cm³/mol. The van der Waals surface area contributed by atoms with Gasteiger partial charge in [0, 0.05) is 32.9 Å². The van der Waals surface area contributed by atoms with Gasteiger partial charge >= 0.3 is 11.8 Å². The first-order chi connectivity index (χ1) is 10.4. The molecule has 1 N–H and O–H groups in total. The molecule has 1 aromatic heterocycles. The van der Waals surface area contributed by atoms with Gasteiger partial charge in [-0.15, -0.1) is 0 Å². The molecule has 0 unspecified atom stereocenters. The van der Waals surface area contributed by atoms with E-state index in [1.54, 1.807) is 24.3 Å². The molecule has 116 valence electrons. The Morgan fingerprint density at radius 1 is 1.14 bits per heavy atom. The molecule has 0 fully saturated rings. The smallest absolute Gasteiger partial charge is 0.320 e. The lowest BCUT2D eigenvalue weighted by Crippen LogP contribution is -2.40. The molecule has 22 heavy (non-hydrogen) atoms. The zero-order valence-corrected chi connectivity index (χ0v) is 12.4. The Labute approximate surface area is 126 Å². The molecule has 0 aliphatic heterocycles. The highest BCUT2D eigenvalue weighted by Crippen LogP contribution is 2.09. The minimum atomic E-state index is -0.734. The fourth-order valence-corrected chi connectivity index (χ4v) is 1.86. The van der Waals surface area contributed by atoms with Crippen LogP contribution >= 0.6 is 0 Å². The van der Waals surface area contributed by atoms with E-state index >= 15 is 0 Å². The highest BCUT2D eigenvalue weighted by atomic mass is 16.7. The van der Waals surface area contributed by atoms with Gasteiger partial charge in [-0.1, -0.05) is 18.2 Å². The van der Waals surface area contributed by atoms with E-state index in [2.05, 4.69) is 5.32 Å². The van der Waals surface area contributed by atoms with Gasteiger partial charge in [-0.25, -0.2) is 9.59 Å². The molecule has 0 radical (unpaired) electrons. The summed E-state index contributed by atoms with van der Waals surface area (Å²) in [4.78, 5) is 40.3. The first kappa shape index (κ1) is 15.4. The molecule has 8 nitrogen and oxygen atoms in total. The van der Waals surface area contributed by atoms with Crippen molar-refractivity contribution in [3.05, 3.63) is 57.2 Å². The summed E-state index contributed by atoms with van der Waals surface area (Å²) >= 11 is 0. The van der Waals surface area contributed by atoms with Crippen LogP contribution in [0.3, 0.4) is 0 Å². The molecule has 0 saturated carbocycles. The summed E-state index contributed by atoms with van der Waals surface area (Å²) in [5.41, 5.74) is -0.433. The maximum atomic E-state index is 11.8. The molecule has 2 aromatic rings. The molecule has 0 aliphatic carbocycles. The molecule has 1 heterocycles. The highest BCUT2D eigenvalue weighted by molar-refractivity contribution is 5.85. The van der Waals surface area contributed by atoms with Gasteiger partial charge in [0.2, 0.25) is 0 Å². The van der Waals surface area contributed by atoms with Crippen molar-refractivity contribution in [3.63, 3.8) is 0 Å². The van der Waals surface area contributed by atoms with E-state index in [4.69, 9.17) is 4.84 Å². The maximum Gasteiger partial charge on any atom is 0.436 e. The third kappa shape index (κ3) is 3.17. The second kappa shape index (κ2) is 6.17. The summed E-state index contributed by atoms with van der Waals surface area (Å²) < 4.78 is 2.17.